The summed E-state index contributed by atoms with van der Waals surface area (Å²) in [6.45, 7) is 4.21. The largest absolute Gasteiger partial charge is 0.497 e. The van der Waals surface area contributed by atoms with E-state index in [2.05, 4.69) is 48.6 Å². The van der Waals surface area contributed by atoms with Crippen molar-refractivity contribution < 1.29 is 4.74 Å². The zero-order valence-electron chi connectivity index (χ0n) is 11.5. The first kappa shape index (κ1) is 13.6. The number of rotatable bonds is 5. The van der Waals surface area contributed by atoms with E-state index in [1.807, 2.05) is 25.2 Å². The van der Waals surface area contributed by atoms with Gasteiger partial charge in [-0.2, -0.15) is 0 Å². The number of hydrogen-bond donors (Lipinski definition) is 1. The van der Waals surface area contributed by atoms with Gasteiger partial charge in [0.25, 0.3) is 0 Å². The van der Waals surface area contributed by atoms with Gasteiger partial charge in [0.15, 0.2) is 0 Å². The third-order valence-electron chi connectivity index (χ3n) is 3.41. The maximum atomic E-state index is 5.21. The van der Waals surface area contributed by atoms with Crippen LogP contribution in [0.3, 0.4) is 0 Å². The van der Waals surface area contributed by atoms with Crippen LogP contribution in [-0.4, -0.2) is 20.2 Å². The first-order valence-electron chi connectivity index (χ1n) is 6.45. The fourth-order valence-corrected chi connectivity index (χ4v) is 2.30. The molecule has 19 heavy (non-hydrogen) atoms. The molecule has 2 aromatic rings. The molecule has 0 bridgehead atoms. The summed E-state index contributed by atoms with van der Waals surface area (Å²) in [7, 11) is 3.62. The van der Waals surface area contributed by atoms with E-state index >= 15 is 0 Å². The molecule has 0 aliphatic carbocycles. The Kier molecular flexibility index (Phi) is 4.58. The third kappa shape index (κ3) is 3.15. The van der Waals surface area contributed by atoms with E-state index in [0.717, 1.165) is 5.75 Å². The van der Waals surface area contributed by atoms with Crippen molar-refractivity contribution in [3.05, 3.63) is 72.6 Å². The van der Waals surface area contributed by atoms with Crippen LogP contribution in [0.25, 0.3) is 0 Å². The Morgan fingerprint density at radius 1 is 0.947 bits per heavy atom. The highest BCUT2D eigenvalue weighted by molar-refractivity contribution is 5.37. The van der Waals surface area contributed by atoms with Gasteiger partial charge in [0.05, 0.1) is 7.11 Å². The number of likely N-dealkylation sites (N-methyl/N-ethyl adjacent to an activating group) is 1. The summed E-state index contributed by atoms with van der Waals surface area (Å²) in [5, 5.41) is 3.25. The van der Waals surface area contributed by atoms with E-state index in [4.69, 9.17) is 4.74 Å². The second-order valence-corrected chi connectivity index (χ2v) is 4.56. The van der Waals surface area contributed by atoms with Crippen LogP contribution in [0.15, 0.2) is 54.6 Å². The summed E-state index contributed by atoms with van der Waals surface area (Å²) >= 11 is 0. The lowest BCUT2D eigenvalue weighted by atomic mass is 9.86. The molecule has 1 N–H and O–H groups in total. The van der Waals surface area contributed by atoms with E-state index in [0.29, 0.717) is 0 Å². The van der Waals surface area contributed by atoms with E-state index < -0.39 is 0 Å². The van der Waals surface area contributed by atoms with Gasteiger partial charge in [0.1, 0.15) is 5.75 Å². The molecule has 2 nitrogen and oxygen atoms in total. The maximum Gasteiger partial charge on any atom is 0.118 e. The SMILES string of the molecule is [CH2]C(NC)C(c1ccccc1)c1ccc(OC)cc1. The Morgan fingerprint density at radius 2 is 1.53 bits per heavy atom. The highest BCUT2D eigenvalue weighted by atomic mass is 16.5. The van der Waals surface area contributed by atoms with Gasteiger partial charge in [-0.3, -0.25) is 0 Å². The molecule has 0 fully saturated rings. The predicted molar refractivity (Wildman–Crippen MR) is 79.5 cm³/mol. The molecule has 1 radical (unpaired) electrons. The van der Waals surface area contributed by atoms with Gasteiger partial charge in [0.2, 0.25) is 0 Å². The van der Waals surface area contributed by atoms with Crippen LogP contribution in [0.5, 0.6) is 5.75 Å². The van der Waals surface area contributed by atoms with Crippen molar-refractivity contribution in [2.45, 2.75) is 12.0 Å². The van der Waals surface area contributed by atoms with Gasteiger partial charge >= 0.3 is 0 Å². The monoisotopic (exact) mass is 254 g/mol. The molecule has 2 rings (SSSR count). The number of benzene rings is 2. The average molecular weight is 254 g/mol. The van der Waals surface area contributed by atoms with Gasteiger partial charge in [-0.05, 0) is 37.2 Å². The first-order valence-corrected chi connectivity index (χ1v) is 6.45. The summed E-state index contributed by atoms with van der Waals surface area (Å²) in [6, 6.07) is 18.8. The zero-order valence-corrected chi connectivity index (χ0v) is 11.5. The summed E-state index contributed by atoms with van der Waals surface area (Å²) in [6.07, 6.45) is 0. The number of methoxy groups -OCH3 is 1. The molecule has 0 aromatic heterocycles. The molecule has 0 spiro atoms. The zero-order chi connectivity index (χ0) is 13.7. The average Bonchev–Trinajstić information content (AvgIpc) is 2.49. The molecule has 2 unspecified atom stereocenters. The molecule has 99 valence electrons. The quantitative estimate of drug-likeness (QED) is 0.884. The van der Waals surface area contributed by atoms with Crippen molar-refractivity contribution in [3.8, 4) is 5.75 Å². The normalized spacial score (nSPS) is 13.8. The van der Waals surface area contributed by atoms with Crippen molar-refractivity contribution in [2.75, 3.05) is 14.2 Å². The van der Waals surface area contributed by atoms with E-state index in [-0.39, 0.29) is 12.0 Å². The third-order valence-corrected chi connectivity index (χ3v) is 3.41. The molecule has 0 aliphatic heterocycles. The summed E-state index contributed by atoms with van der Waals surface area (Å²) in [4.78, 5) is 0. The fraction of sp³-hybridized carbons (Fsp3) is 0.235. The minimum absolute atomic E-state index is 0.121. The van der Waals surface area contributed by atoms with Crippen LogP contribution in [0.2, 0.25) is 0 Å². The van der Waals surface area contributed by atoms with Crippen molar-refractivity contribution in [1.82, 2.24) is 5.32 Å². The lowest BCUT2D eigenvalue weighted by Gasteiger charge is -2.24. The molecule has 0 saturated heterocycles. The van der Waals surface area contributed by atoms with Gasteiger partial charge in [-0.1, -0.05) is 42.5 Å². The van der Waals surface area contributed by atoms with Crippen molar-refractivity contribution in [3.63, 3.8) is 0 Å². The smallest absolute Gasteiger partial charge is 0.118 e. The van der Waals surface area contributed by atoms with E-state index in [9.17, 15) is 0 Å². The molecule has 0 aliphatic rings. The van der Waals surface area contributed by atoms with Crippen LogP contribution in [0, 0.1) is 6.92 Å². The highest BCUT2D eigenvalue weighted by Crippen LogP contribution is 2.29. The van der Waals surface area contributed by atoms with Crippen molar-refractivity contribution in [2.24, 2.45) is 0 Å². The molecule has 2 heteroatoms. The molecule has 0 saturated carbocycles. The van der Waals surface area contributed by atoms with Gasteiger partial charge in [-0.15, -0.1) is 0 Å². The van der Waals surface area contributed by atoms with Crippen molar-refractivity contribution >= 4 is 0 Å². The molecule has 2 atom stereocenters. The van der Waals surface area contributed by atoms with Crippen LogP contribution >= 0.6 is 0 Å². The molecule has 0 heterocycles. The van der Waals surface area contributed by atoms with Gasteiger partial charge in [-0.25, -0.2) is 0 Å². The van der Waals surface area contributed by atoms with E-state index in [1.54, 1.807) is 7.11 Å². The topological polar surface area (TPSA) is 21.3 Å². The molecule has 0 amide bonds. The second kappa shape index (κ2) is 6.39. The summed E-state index contributed by atoms with van der Waals surface area (Å²) in [5.74, 6) is 1.11. The lowest BCUT2D eigenvalue weighted by molar-refractivity contribution is 0.414. The summed E-state index contributed by atoms with van der Waals surface area (Å²) < 4.78 is 5.21. The molecular formula is C17H20NO. The van der Waals surface area contributed by atoms with Crippen LogP contribution < -0.4 is 10.1 Å². The number of hydrogen-bond acceptors (Lipinski definition) is 2. The second-order valence-electron chi connectivity index (χ2n) is 4.56. The van der Waals surface area contributed by atoms with Crippen LogP contribution in [0.1, 0.15) is 17.0 Å². The van der Waals surface area contributed by atoms with E-state index in [1.165, 1.54) is 11.1 Å². The Labute approximate surface area is 115 Å². The van der Waals surface area contributed by atoms with Gasteiger partial charge < -0.3 is 10.1 Å². The Balaban J connectivity index is 2.37. The Bertz CT molecular complexity index is 492. The minimum atomic E-state index is 0.121. The summed E-state index contributed by atoms with van der Waals surface area (Å²) in [5.41, 5.74) is 2.50. The Morgan fingerprint density at radius 3 is 2.05 bits per heavy atom. The Hall–Kier alpha value is -1.80. The molecular weight excluding hydrogens is 234 g/mol. The predicted octanol–water partition coefficient (Wildman–Crippen LogP) is 3.25. The first-order chi connectivity index (χ1) is 9.26. The lowest BCUT2D eigenvalue weighted by Crippen LogP contribution is -2.29. The maximum absolute atomic E-state index is 5.21. The number of nitrogens with one attached hydrogen (secondary N) is 1. The fourth-order valence-electron chi connectivity index (χ4n) is 2.30. The van der Waals surface area contributed by atoms with Gasteiger partial charge in [0, 0.05) is 12.0 Å². The highest BCUT2D eigenvalue weighted by Gasteiger charge is 2.19. The van der Waals surface area contributed by atoms with Crippen LogP contribution in [0.4, 0.5) is 0 Å². The van der Waals surface area contributed by atoms with Crippen molar-refractivity contribution in [1.29, 1.82) is 0 Å². The standard InChI is InChI=1S/C17H20NO/c1-13(18-2)17(14-7-5-4-6-8-14)15-9-11-16(19-3)12-10-15/h4-13,17-18H,1H2,2-3H3. The molecule has 2 aromatic carbocycles. The minimum Gasteiger partial charge on any atom is -0.497 e. The van der Waals surface area contributed by atoms with Crippen LogP contribution in [-0.2, 0) is 0 Å². The number of ether oxygens (including phenoxy) is 1.